The summed E-state index contributed by atoms with van der Waals surface area (Å²) in [6.07, 6.45) is 5.57. The Labute approximate surface area is 168 Å². The van der Waals surface area contributed by atoms with Crippen molar-refractivity contribution in [2.24, 2.45) is 0 Å². The summed E-state index contributed by atoms with van der Waals surface area (Å²) in [5.74, 6) is -2.41. The molecule has 0 aromatic carbocycles. The van der Waals surface area contributed by atoms with Crippen LogP contribution >= 0.6 is 0 Å². The maximum Gasteiger partial charge on any atom is 0.408 e. The van der Waals surface area contributed by atoms with E-state index in [9.17, 15) is 23.6 Å². The SMILES string of the molecule is C=C(F)/C=C1/C(=O)N(C2CCC(=O)N(COC(=O)NCC)C2=O)C/C1=C/C=C/C. The number of carbonyl (C=O) groups excluding carboxylic acids is 4. The fourth-order valence-corrected chi connectivity index (χ4v) is 3.11. The normalized spacial score (nSPS) is 22.9. The monoisotopic (exact) mass is 405 g/mol. The van der Waals surface area contributed by atoms with Crippen LogP contribution in [-0.4, -0.2) is 59.5 Å². The third-order valence-electron chi connectivity index (χ3n) is 4.47. The van der Waals surface area contributed by atoms with Crippen LogP contribution in [0.1, 0.15) is 26.7 Å². The van der Waals surface area contributed by atoms with Crippen molar-refractivity contribution in [3.05, 3.63) is 47.9 Å². The highest BCUT2D eigenvalue weighted by Gasteiger charge is 2.44. The molecule has 2 aliphatic rings. The number of allylic oxidation sites excluding steroid dienone is 5. The van der Waals surface area contributed by atoms with E-state index in [-0.39, 0.29) is 25.0 Å². The van der Waals surface area contributed by atoms with Gasteiger partial charge in [0.2, 0.25) is 5.91 Å². The van der Waals surface area contributed by atoms with Gasteiger partial charge in [0.15, 0.2) is 6.73 Å². The molecule has 2 saturated heterocycles. The molecule has 0 aliphatic carbocycles. The van der Waals surface area contributed by atoms with Gasteiger partial charge in [-0.05, 0) is 31.9 Å². The molecule has 156 valence electrons. The number of piperidine rings is 1. The first-order chi connectivity index (χ1) is 13.8. The van der Waals surface area contributed by atoms with Gasteiger partial charge in [0, 0.05) is 25.1 Å². The summed E-state index contributed by atoms with van der Waals surface area (Å²) in [6, 6.07) is -0.911. The minimum absolute atomic E-state index is 0.0156. The molecule has 4 amide bonds. The lowest BCUT2D eigenvalue weighted by Crippen LogP contribution is -2.55. The van der Waals surface area contributed by atoms with Crippen molar-refractivity contribution in [3.63, 3.8) is 0 Å². The molecule has 0 spiro atoms. The van der Waals surface area contributed by atoms with Gasteiger partial charge in [-0.3, -0.25) is 14.4 Å². The Hall–Kier alpha value is -3.23. The van der Waals surface area contributed by atoms with E-state index in [0.717, 1.165) is 11.0 Å². The van der Waals surface area contributed by atoms with E-state index in [0.29, 0.717) is 12.1 Å². The van der Waals surface area contributed by atoms with E-state index in [4.69, 9.17) is 4.74 Å². The Morgan fingerprint density at radius 3 is 2.72 bits per heavy atom. The van der Waals surface area contributed by atoms with Gasteiger partial charge in [0.25, 0.3) is 11.8 Å². The number of ether oxygens (including phenoxy) is 1. The molecule has 29 heavy (non-hydrogen) atoms. The van der Waals surface area contributed by atoms with E-state index in [1.165, 1.54) is 4.90 Å². The van der Waals surface area contributed by atoms with E-state index in [2.05, 4.69) is 11.9 Å². The molecule has 2 rings (SSSR count). The molecule has 0 saturated carbocycles. The first kappa shape index (κ1) is 22.1. The minimum Gasteiger partial charge on any atom is -0.428 e. The second-order valence-corrected chi connectivity index (χ2v) is 6.46. The Kier molecular flexibility index (Phi) is 7.46. The number of carbonyl (C=O) groups is 4. The molecule has 8 nitrogen and oxygen atoms in total. The van der Waals surface area contributed by atoms with Crippen LogP contribution in [0.3, 0.4) is 0 Å². The van der Waals surface area contributed by atoms with Crippen LogP contribution in [0.25, 0.3) is 0 Å². The summed E-state index contributed by atoms with van der Waals surface area (Å²) in [6.45, 7) is 6.56. The van der Waals surface area contributed by atoms with E-state index in [1.54, 1.807) is 32.1 Å². The highest BCUT2D eigenvalue weighted by Crippen LogP contribution is 2.30. The van der Waals surface area contributed by atoms with Crippen LogP contribution in [0.2, 0.25) is 0 Å². The third kappa shape index (κ3) is 5.18. The molecule has 1 unspecified atom stereocenters. The van der Waals surface area contributed by atoms with Crippen molar-refractivity contribution >= 4 is 23.8 Å². The summed E-state index contributed by atoms with van der Waals surface area (Å²) in [7, 11) is 0. The molecule has 0 radical (unpaired) electrons. The van der Waals surface area contributed by atoms with Gasteiger partial charge >= 0.3 is 6.09 Å². The molecule has 2 aliphatic heterocycles. The molecule has 2 heterocycles. The van der Waals surface area contributed by atoms with E-state index < -0.39 is 42.4 Å². The van der Waals surface area contributed by atoms with Crippen LogP contribution in [0, 0.1) is 0 Å². The second-order valence-electron chi connectivity index (χ2n) is 6.46. The minimum atomic E-state index is -0.911. The van der Waals surface area contributed by atoms with Crippen LogP contribution in [0.4, 0.5) is 9.18 Å². The highest BCUT2D eigenvalue weighted by atomic mass is 19.1. The topological polar surface area (TPSA) is 96.0 Å². The van der Waals surface area contributed by atoms with Gasteiger partial charge in [-0.15, -0.1) is 0 Å². The largest absolute Gasteiger partial charge is 0.428 e. The highest BCUT2D eigenvalue weighted by molar-refractivity contribution is 6.07. The van der Waals surface area contributed by atoms with Crippen molar-refractivity contribution in [1.29, 1.82) is 0 Å². The number of likely N-dealkylation sites (tertiary alicyclic amines) is 2. The molecule has 0 bridgehead atoms. The van der Waals surface area contributed by atoms with Crippen molar-refractivity contribution in [2.75, 3.05) is 19.8 Å². The number of alkyl carbamates (subject to hydrolysis) is 1. The zero-order valence-corrected chi connectivity index (χ0v) is 16.4. The fraction of sp³-hybridized carbons (Fsp3) is 0.400. The fourth-order valence-electron chi connectivity index (χ4n) is 3.11. The average molecular weight is 405 g/mol. The number of amides is 4. The van der Waals surface area contributed by atoms with E-state index >= 15 is 0 Å². The maximum atomic E-state index is 13.4. The standard InChI is InChI=1S/C20H24FN3O5/c1-4-6-7-14-11-23(18(26)15(14)10-13(3)21)16-8-9-17(25)24(19(16)27)12-29-20(28)22-5-2/h4,6-7,10,16H,3,5,8-9,11-12H2,1-2H3,(H,22,28)/b6-4+,14-7-,15-10+. The quantitative estimate of drug-likeness (QED) is 0.538. The summed E-state index contributed by atoms with van der Waals surface area (Å²) < 4.78 is 18.2. The summed E-state index contributed by atoms with van der Waals surface area (Å²) in [5, 5.41) is 2.40. The summed E-state index contributed by atoms with van der Waals surface area (Å²) in [4.78, 5) is 51.4. The molecule has 1 atom stereocenters. The number of nitrogens with zero attached hydrogens (tertiary/aromatic N) is 2. The molecule has 0 aromatic heterocycles. The van der Waals surface area contributed by atoms with E-state index in [1.807, 2.05) is 0 Å². The zero-order chi connectivity index (χ0) is 21.6. The van der Waals surface area contributed by atoms with Crippen LogP contribution < -0.4 is 5.32 Å². The Bertz CT molecular complexity index is 815. The van der Waals surface area contributed by atoms with Crippen LogP contribution in [0.15, 0.2) is 47.9 Å². The van der Waals surface area contributed by atoms with Gasteiger partial charge in [0.1, 0.15) is 11.9 Å². The first-order valence-electron chi connectivity index (χ1n) is 9.24. The maximum absolute atomic E-state index is 13.4. The number of nitrogens with one attached hydrogen (secondary N) is 1. The second kappa shape index (κ2) is 9.81. The lowest BCUT2D eigenvalue weighted by Gasteiger charge is -2.34. The van der Waals surface area contributed by atoms with Gasteiger partial charge in [0.05, 0.1) is 0 Å². The average Bonchev–Trinajstić information content (AvgIpc) is 2.95. The number of imide groups is 1. The Morgan fingerprint density at radius 1 is 1.38 bits per heavy atom. The van der Waals surface area contributed by atoms with Crippen molar-refractivity contribution in [3.8, 4) is 0 Å². The zero-order valence-electron chi connectivity index (χ0n) is 16.4. The lowest BCUT2D eigenvalue weighted by atomic mass is 10.0. The number of rotatable bonds is 6. The van der Waals surface area contributed by atoms with Crippen LogP contribution in [-0.2, 0) is 19.1 Å². The number of hydrogen-bond acceptors (Lipinski definition) is 5. The van der Waals surface area contributed by atoms with Crippen molar-refractivity contribution in [2.45, 2.75) is 32.7 Å². The predicted octanol–water partition coefficient (Wildman–Crippen LogP) is 1.96. The first-order valence-corrected chi connectivity index (χ1v) is 9.24. The molecular formula is C20H24FN3O5. The molecule has 0 aromatic rings. The van der Waals surface area contributed by atoms with Gasteiger partial charge in [-0.25, -0.2) is 14.1 Å². The number of hydrogen-bond donors (Lipinski definition) is 1. The van der Waals surface area contributed by atoms with Gasteiger partial charge in [-0.1, -0.05) is 24.8 Å². The Morgan fingerprint density at radius 2 is 2.10 bits per heavy atom. The summed E-state index contributed by atoms with van der Waals surface area (Å²) in [5.41, 5.74) is 0.659. The third-order valence-corrected chi connectivity index (χ3v) is 4.47. The smallest absolute Gasteiger partial charge is 0.408 e. The predicted molar refractivity (Wildman–Crippen MR) is 103 cm³/mol. The summed E-state index contributed by atoms with van der Waals surface area (Å²) >= 11 is 0. The van der Waals surface area contributed by atoms with Gasteiger partial charge in [-0.2, -0.15) is 0 Å². The lowest BCUT2D eigenvalue weighted by molar-refractivity contribution is -0.159. The number of halogens is 1. The molecule has 1 N–H and O–H groups in total. The van der Waals surface area contributed by atoms with Crippen molar-refractivity contribution < 1.29 is 28.3 Å². The Balaban J connectivity index is 2.23. The molecule has 2 fully saturated rings. The molecular weight excluding hydrogens is 381 g/mol. The molecule has 9 heteroatoms. The van der Waals surface area contributed by atoms with Crippen LogP contribution in [0.5, 0.6) is 0 Å². The van der Waals surface area contributed by atoms with Crippen molar-refractivity contribution in [1.82, 2.24) is 15.1 Å². The van der Waals surface area contributed by atoms with Gasteiger partial charge < -0.3 is 15.0 Å².